The van der Waals surface area contributed by atoms with Crippen LogP contribution in [0.3, 0.4) is 0 Å². The van der Waals surface area contributed by atoms with E-state index < -0.39 is 0 Å². The Morgan fingerprint density at radius 1 is 1.44 bits per heavy atom. The molecule has 0 bridgehead atoms. The molecule has 1 aromatic rings. The van der Waals surface area contributed by atoms with Gasteiger partial charge in [0.15, 0.2) is 0 Å². The Hall–Kier alpha value is -1.55. The molecule has 100 valence electrons. The lowest BCUT2D eigenvalue weighted by Gasteiger charge is -2.20. The van der Waals surface area contributed by atoms with Gasteiger partial charge in [0.2, 0.25) is 5.91 Å². The SMILES string of the molecule is COc1cccc(CC(=O)NC(CN)C(C)C)c1. The van der Waals surface area contributed by atoms with Crippen LogP contribution in [0.25, 0.3) is 0 Å². The van der Waals surface area contributed by atoms with Crippen LogP contribution in [0.15, 0.2) is 24.3 Å². The van der Waals surface area contributed by atoms with Crippen molar-refractivity contribution in [3.63, 3.8) is 0 Å². The first-order valence-corrected chi connectivity index (χ1v) is 6.19. The number of rotatable bonds is 6. The zero-order valence-electron chi connectivity index (χ0n) is 11.3. The van der Waals surface area contributed by atoms with E-state index in [1.54, 1.807) is 7.11 Å². The second-order valence-corrected chi connectivity index (χ2v) is 4.68. The van der Waals surface area contributed by atoms with Crippen LogP contribution < -0.4 is 15.8 Å². The number of nitrogens with two attached hydrogens (primary N) is 1. The maximum Gasteiger partial charge on any atom is 0.224 e. The Kier molecular flexibility index (Phi) is 5.65. The van der Waals surface area contributed by atoms with E-state index in [0.29, 0.717) is 18.9 Å². The highest BCUT2D eigenvalue weighted by atomic mass is 16.5. The third kappa shape index (κ3) is 4.37. The van der Waals surface area contributed by atoms with E-state index in [2.05, 4.69) is 5.32 Å². The number of hydrogen-bond acceptors (Lipinski definition) is 3. The van der Waals surface area contributed by atoms with E-state index in [1.807, 2.05) is 38.1 Å². The van der Waals surface area contributed by atoms with E-state index in [9.17, 15) is 4.79 Å². The molecule has 0 aliphatic carbocycles. The van der Waals surface area contributed by atoms with Gasteiger partial charge in [-0.1, -0.05) is 26.0 Å². The summed E-state index contributed by atoms with van der Waals surface area (Å²) in [5.41, 5.74) is 6.56. The van der Waals surface area contributed by atoms with E-state index in [0.717, 1.165) is 11.3 Å². The van der Waals surface area contributed by atoms with Gasteiger partial charge in [-0.25, -0.2) is 0 Å². The van der Waals surface area contributed by atoms with Crippen LogP contribution in [0.2, 0.25) is 0 Å². The summed E-state index contributed by atoms with van der Waals surface area (Å²) in [4.78, 5) is 11.9. The van der Waals surface area contributed by atoms with Gasteiger partial charge in [0, 0.05) is 12.6 Å². The number of ether oxygens (including phenoxy) is 1. The Morgan fingerprint density at radius 3 is 2.72 bits per heavy atom. The fraction of sp³-hybridized carbons (Fsp3) is 0.500. The van der Waals surface area contributed by atoms with Crippen LogP contribution in [0.5, 0.6) is 5.75 Å². The second-order valence-electron chi connectivity index (χ2n) is 4.68. The Bertz CT molecular complexity index is 391. The molecule has 1 amide bonds. The third-order valence-electron chi connectivity index (χ3n) is 2.90. The minimum atomic E-state index is -0.00703. The highest BCUT2D eigenvalue weighted by Gasteiger charge is 2.14. The largest absolute Gasteiger partial charge is 0.497 e. The Morgan fingerprint density at radius 2 is 2.17 bits per heavy atom. The molecule has 18 heavy (non-hydrogen) atoms. The van der Waals surface area contributed by atoms with Gasteiger partial charge in [0.25, 0.3) is 0 Å². The lowest BCUT2D eigenvalue weighted by Crippen LogP contribution is -2.44. The maximum atomic E-state index is 11.9. The highest BCUT2D eigenvalue weighted by molar-refractivity contribution is 5.79. The van der Waals surface area contributed by atoms with E-state index in [4.69, 9.17) is 10.5 Å². The molecule has 0 heterocycles. The summed E-state index contributed by atoms with van der Waals surface area (Å²) in [5, 5.41) is 2.95. The predicted molar refractivity (Wildman–Crippen MR) is 72.5 cm³/mol. The fourth-order valence-corrected chi connectivity index (χ4v) is 1.72. The normalized spacial score (nSPS) is 12.3. The van der Waals surface area contributed by atoms with Gasteiger partial charge in [-0.05, 0) is 23.6 Å². The van der Waals surface area contributed by atoms with Gasteiger partial charge in [-0.3, -0.25) is 4.79 Å². The first-order valence-electron chi connectivity index (χ1n) is 6.19. The minimum Gasteiger partial charge on any atom is -0.497 e. The zero-order valence-corrected chi connectivity index (χ0v) is 11.3. The van der Waals surface area contributed by atoms with Crippen molar-refractivity contribution in [2.75, 3.05) is 13.7 Å². The van der Waals surface area contributed by atoms with Gasteiger partial charge in [0.1, 0.15) is 5.75 Å². The summed E-state index contributed by atoms with van der Waals surface area (Å²) in [6, 6.07) is 7.55. The summed E-state index contributed by atoms with van der Waals surface area (Å²) >= 11 is 0. The standard InChI is InChI=1S/C14H22N2O2/c1-10(2)13(9-15)16-14(17)8-11-5-4-6-12(7-11)18-3/h4-7,10,13H,8-9,15H2,1-3H3,(H,16,17). The number of benzene rings is 1. The van der Waals surface area contributed by atoms with Gasteiger partial charge < -0.3 is 15.8 Å². The zero-order chi connectivity index (χ0) is 13.5. The fourth-order valence-electron chi connectivity index (χ4n) is 1.72. The molecule has 0 radical (unpaired) electrons. The molecule has 0 saturated carbocycles. The van der Waals surface area contributed by atoms with Crippen LogP contribution in [-0.2, 0) is 11.2 Å². The lowest BCUT2D eigenvalue weighted by molar-refractivity contribution is -0.121. The summed E-state index contributed by atoms with van der Waals surface area (Å²) in [6.07, 6.45) is 0.348. The molecule has 0 spiro atoms. The van der Waals surface area contributed by atoms with Crippen LogP contribution in [0, 0.1) is 5.92 Å². The molecule has 4 nitrogen and oxygen atoms in total. The van der Waals surface area contributed by atoms with Crippen molar-refractivity contribution in [3.8, 4) is 5.75 Å². The van der Waals surface area contributed by atoms with Crippen LogP contribution in [0.4, 0.5) is 0 Å². The van der Waals surface area contributed by atoms with Crippen LogP contribution >= 0.6 is 0 Å². The summed E-state index contributed by atoms with van der Waals surface area (Å²) in [5.74, 6) is 1.09. The molecule has 1 aromatic carbocycles. The molecule has 0 saturated heterocycles. The van der Waals surface area contributed by atoms with Gasteiger partial charge >= 0.3 is 0 Å². The van der Waals surface area contributed by atoms with Crippen molar-refractivity contribution >= 4 is 5.91 Å². The van der Waals surface area contributed by atoms with E-state index in [1.165, 1.54) is 0 Å². The van der Waals surface area contributed by atoms with Crippen molar-refractivity contribution in [3.05, 3.63) is 29.8 Å². The second kappa shape index (κ2) is 7.01. The first kappa shape index (κ1) is 14.5. The number of amides is 1. The number of nitrogens with one attached hydrogen (secondary N) is 1. The lowest BCUT2D eigenvalue weighted by atomic mass is 10.0. The van der Waals surface area contributed by atoms with Crippen molar-refractivity contribution in [1.82, 2.24) is 5.32 Å². The monoisotopic (exact) mass is 250 g/mol. The van der Waals surface area contributed by atoms with Crippen molar-refractivity contribution < 1.29 is 9.53 Å². The molecule has 0 aliphatic rings. The molecule has 3 N–H and O–H groups in total. The van der Waals surface area contributed by atoms with Crippen molar-refractivity contribution in [1.29, 1.82) is 0 Å². The maximum absolute atomic E-state index is 11.9. The topological polar surface area (TPSA) is 64.3 Å². The van der Waals surface area contributed by atoms with Gasteiger partial charge in [0.05, 0.1) is 13.5 Å². The molecule has 0 aliphatic heterocycles. The van der Waals surface area contributed by atoms with E-state index >= 15 is 0 Å². The number of carbonyl (C=O) groups excluding carboxylic acids is 1. The Labute approximate surface area is 109 Å². The number of methoxy groups -OCH3 is 1. The molecule has 0 aromatic heterocycles. The summed E-state index contributed by atoms with van der Waals surface area (Å²) in [7, 11) is 1.61. The van der Waals surface area contributed by atoms with Gasteiger partial charge in [-0.2, -0.15) is 0 Å². The quantitative estimate of drug-likeness (QED) is 0.800. The minimum absolute atomic E-state index is 0.00703. The molecule has 0 fully saturated rings. The summed E-state index contributed by atoms with van der Waals surface area (Å²) < 4.78 is 5.13. The van der Waals surface area contributed by atoms with Crippen LogP contribution in [-0.4, -0.2) is 25.6 Å². The van der Waals surface area contributed by atoms with Crippen molar-refractivity contribution in [2.45, 2.75) is 26.3 Å². The average Bonchev–Trinajstić information content (AvgIpc) is 2.35. The molecular weight excluding hydrogens is 228 g/mol. The molecule has 1 rings (SSSR count). The first-order chi connectivity index (χ1) is 8.56. The number of hydrogen-bond donors (Lipinski definition) is 2. The number of carbonyl (C=O) groups is 1. The molecule has 1 unspecified atom stereocenters. The molecular formula is C14H22N2O2. The Balaban J connectivity index is 2.58. The third-order valence-corrected chi connectivity index (χ3v) is 2.90. The van der Waals surface area contributed by atoms with Crippen molar-refractivity contribution in [2.24, 2.45) is 11.7 Å². The molecule has 1 atom stereocenters. The molecule has 4 heteroatoms. The summed E-state index contributed by atoms with van der Waals surface area (Å²) in [6.45, 7) is 4.55. The smallest absolute Gasteiger partial charge is 0.224 e. The highest BCUT2D eigenvalue weighted by Crippen LogP contribution is 2.13. The van der Waals surface area contributed by atoms with E-state index in [-0.39, 0.29) is 11.9 Å². The predicted octanol–water partition coefficient (Wildman–Crippen LogP) is 1.34. The average molecular weight is 250 g/mol. The van der Waals surface area contributed by atoms with Gasteiger partial charge in [-0.15, -0.1) is 0 Å². The van der Waals surface area contributed by atoms with Crippen LogP contribution in [0.1, 0.15) is 19.4 Å².